The maximum absolute atomic E-state index is 12.1. The second-order valence-electron chi connectivity index (χ2n) is 5.79. The van der Waals surface area contributed by atoms with E-state index >= 15 is 0 Å². The third kappa shape index (κ3) is 5.81. The monoisotopic (exact) mass is 323 g/mol. The van der Waals surface area contributed by atoms with Crippen molar-refractivity contribution in [3.8, 4) is 11.5 Å². The molecule has 1 atom stereocenters. The Kier molecular flexibility index (Phi) is 7.38. The number of ether oxygens (including phenoxy) is 2. The van der Waals surface area contributed by atoms with Crippen molar-refractivity contribution in [2.45, 2.75) is 26.7 Å². The second kappa shape index (κ2) is 9.02. The lowest BCUT2D eigenvalue weighted by Crippen LogP contribution is -2.34. The standard InChI is InChI=1S/C17H25NO5/c1-11(2)8-12(17(20)21)10-18-16(19)9-13-14(22-3)6-5-7-15(13)23-4/h5-7,11-12H,8-10H2,1-4H3,(H,18,19)(H,20,21). The first kappa shape index (κ1) is 18.8. The molecule has 1 aromatic rings. The SMILES string of the molecule is COc1cccc(OC)c1CC(=O)NCC(CC(C)C)C(=O)O. The molecule has 0 aliphatic carbocycles. The number of methoxy groups -OCH3 is 2. The number of amides is 1. The Morgan fingerprint density at radius 2 is 1.74 bits per heavy atom. The molecule has 0 saturated heterocycles. The molecule has 0 spiro atoms. The van der Waals surface area contributed by atoms with Crippen molar-refractivity contribution in [3.05, 3.63) is 23.8 Å². The zero-order chi connectivity index (χ0) is 17.4. The summed E-state index contributed by atoms with van der Waals surface area (Å²) < 4.78 is 10.5. The van der Waals surface area contributed by atoms with Crippen LogP contribution in [0.1, 0.15) is 25.8 Å². The van der Waals surface area contributed by atoms with Crippen molar-refractivity contribution in [1.29, 1.82) is 0 Å². The molecule has 0 aromatic heterocycles. The van der Waals surface area contributed by atoms with E-state index in [1.165, 1.54) is 14.2 Å². The number of aliphatic carboxylic acids is 1. The van der Waals surface area contributed by atoms with Gasteiger partial charge in [0.2, 0.25) is 5.91 Å². The predicted octanol–water partition coefficient (Wildman–Crippen LogP) is 2.11. The molecule has 1 aromatic carbocycles. The van der Waals surface area contributed by atoms with Gasteiger partial charge in [-0.25, -0.2) is 0 Å². The Labute approximate surface area is 136 Å². The minimum atomic E-state index is -0.895. The molecular formula is C17H25NO5. The molecule has 0 aliphatic rings. The Balaban J connectivity index is 2.72. The van der Waals surface area contributed by atoms with Crippen LogP contribution in [0.2, 0.25) is 0 Å². The first-order valence-corrected chi connectivity index (χ1v) is 7.58. The maximum Gasteiger partial charge on any atom is 0.308 e. The quantitative estimate of drug-likeness (QED) is 0.727. The average molecular weight is 323 g/mol. The summed E-state index contributed by atoms with van der Waals surface area (Å²) in [6.45, 7) is 4.03. The largest absolute Gasteiger partial charge is 0.496 e. The fourth-order valence-corrected chi connectivity index (χ4v) is 2.40. The lowest BCUT2D eigenvalue weighted by molar-refractivity contribution is -0.142. The van der Waals surface area contributed by atoms with Crippen LogP contribution in [0.5, 0.6) is 11.5 Å². The van der Waals surface area contributed by atoms with Gasteiger partial charge in [0.25, 0.3) is 0 Å². The minimum Gasteiger partial charge on any atom is -0.496 e. The molecule has 6 nitrogen and oxygen atoms in total. The van der Waals surface area contributed by atoms with Crippen LogP contribution in [0.4, 0.5) is 0 Å². The van der Waals surface area contributed by atoms with Crippen LogP contribution in [-0.2, 0) is 16.0 Å². The van der Waals surface area contributed by atoms with Crippen molar-refractivity contribution < 1.29 is 24.2 Å². The fourth-order valence-electron chi connectivity index (χ4n) is 2.40. The summed E-state index contributed by atoms with van der Waals surface area (Å²) in [5, 5.41) is 11.9. The molecule has 0 fully saturated rings. The van der Waals surface area contributed by atoms with Crippen LogP contribution in [0, 0.1) is 11.8 Å². The number of carboxylic acids is 1. The molecule has 2 N–H and O–H groups in total. The van der Waals surface area contributed by atoms with Crippen molar-refractivity contribution in [2.24, 2.45) is 11.8 Å². The summed E-state index contributed by atoms with van der Waals surface area (Å²) in [5.41, 5.74) is 0.644. The van der Waals surface area contributed by atoms with Crippen molar-refractivity contribution in [2.75, 3.05) is 20.8 Å². The van der Waals surface area contributed by atoms with Crippen molar-refractivity contribution >= 4 is 11.9 Å². The smallest absolute Gasteiger partial charge is 0.308 e. The normalized spacial score (nSPS) is 11.9. The Bertz CT molecular complexity index is 520. The van der Waals surface area contributed by atoms with Gasteiger partial charge in [-0.15, -0.1) is 0 Å². The highest BCUT2D eigenvalue weighted by Gasteiger charge is 2.20. The summed E-state index contributed by atoms with van der Waals surface area (Å²) in [6.07, 6.45) is 0.592. The van der Waals surface area contributed by atoms with Gasteiger partial charge in [0.1, 0.15) is 11.5 Å². The third-order valence-corrected chi connectivity index (χ3v) is 3.52. The van der Waals surface area contributed by atoms with Gasteiger partial charge in [-0.3, -0.25) is 9.59 Å². The van der Waals surface area contributed by atoms with Crippen LogP contribution in [0.25, 0.3) is 0 Å². The molecule has 6 heteroatoms. The number of hydrogen-bond donors (Lipinski definition) is 2. The van der Waals surface area contributed by atoms with Gasteiger partial charge in [-0.05, 0) is 24.5 Å². The molecule has 0 radical (unpaired) electrons. The zero-order valence-corrected chi connectivity index (χ0v) is 14.1. The van der Waals surface area contributed by atoms with E-state index in [4.69, 9.17) is 9.47 Å². The number of carbonyl (C=O) groups is 2. The molecule has 0 aliphatic heterocycles. The lowest BCUT2D eigenvalue weighted by Gasteiger charge is -2.16. The van der Waals surface area contributed by atoms with Crippen LogP contribution in [0.15, 0.2) is 18.2 Å². The van der Waals surface area contributed by atoms with Crippen LogP contribution < -0.4 is 14.8 Å². The number of benzene rings is 1. The Morgan fingerprint density at radius 3 is 2.17 bits per heavy atom. The van der Waals surface area contributed by atoms with Crippen LogP contribution >= 0.6 is 0 Å². The molecule has 128 valence electrons. The molecule has 1 amide bonds. The van der Waals surface area contributed by atoms with Gasteiger partial charge in [0.15, 0.2) is 0 Å². The molecule has 23 heavy (non-hydrogen) atoms. The first-order valence-electron chi connectivity index (χ1n) is 7.58. The summed E-state index contributed by atoms with van der Waals surface area (Å²) in [6, 6.07) is 5.29. The van der Waals surface area contributed by atoms with Gasteiger partial charge >= 0.3 is 5.97 Å². The summed E-state index contributed by atoms with van der Waals surface area (Å²) in [7, 11) is 3.05. The molecule has 0 saturated carbocycles. The number of carboxylic acid groups (broad SMARTS) is 1. The van der Waals surface area contributed by atoms with E-state index in [1.54, 1.807) is 18.2 Å². The number of nitrogens with one attached hydrogen (secondary N) is 1. The highest BCUT2D eigenvalue weighted by Crippen LogP contribution is 2.28. The fraction of sp³-hybridized carbons (Fsp3) is 0.529. The number of hydrogen-bond acceptors (Lipinski definition) is 4. The summed E-state index contributed by atoms with van der Waals surface area (Å²) >= 11 is 0. The van der Waals surface area contributed by atoms with E-state index in [9.17, 15) is 14.7 Å². The van der Waals surface area contributed by atoms with Gasteiger partial charge in [0.05, 0.1) is 26.6 Å². The maximum atomic E-state index is 12.1. The Morgan fingerprint density at radius 1 is 1.17 bits per heavy atom. The summed E-state index contributed by atoms with van der Waals surface area (Å²) in [4.78, 5) is 23.4. The molecule has 1 unspecified atom stereocenters. The second-order valence-corrected chi connectivity index (χ2v) is 5.79. The zero-order valence-electron chi connectivity index (χ0n) is 14.1. The molecule has 0 heterocycles. The first-order chi connectivity index (χ1) is 10.9. The third-order valence-electron chi connectivity index (χ3n) is 3.52. The van der Waals surface area contributed by atoms with E-state index < -0.39 is 11.9 Å². The van der Waals surface area contributed by atoms with Gasteiger partial charge in [-0.1, -0.05) is 19.9 Å². The molecule has 1 rings (SSSR count). The van der Waals surface area contributed by atoms with Gasteiger partial charge in [0, 0.05) is 12.1 Å². The lowest BCUT2D eigenvalue weighted by atomic mass is 9.97. The van der Waals surface area contributed by atoms with Crippen molar-refractivity contribution in [3.63, 3.8) is 0 Å². The van der Waals surface area contributed by atoms with E-state index in [1.807, 2.05) is 13.8 Å². The van der Waals surface area contributed by atoms with E-state index in [0.717, 1.165) is 0 Å². The minimum absolute atomic E-state index is 0.0706. The average Bonchev–Trinajstić information content (AvgIpc) is 2.50. The van der Waals surface area contributed by atoms with Gasteiger partial charge in [-0.2, -0.15) is 0 Å². The highest BCUT2D eigenvalue weighted by molar-refractivity contribution is 5.81. The predicted molar refractivity (Wildman–Crippen MR) is 86.8 cm³/mol. The van der Waals surface area contributed by atoms with E-state index in [-0.39, 0.29) is 24.8 Å². The topological polar surface area (TPSA) is 84.9 Å². The van der Waals surface area contributed by atoms with Gasteiger partial charge < -0.3 is 19.9 Å². The van der Waals surface area contributed by atoms with Crippen LogP contribution in [0.3, 0.4) is 0 Å². The molecule has 0 bridgehead atoms. The van der Waals surface area contributed by atoms with Crippen LogP contribution in [-0.4, -0.2) is 37.7 Å². The number of carbonyl (C=O) groups excluding carboxylic acids is 1. The van der Waals surface area contributed by atoms with Crippen molar-refractivity contribution in [1.82, 2.24) is 5.32 Å². The highest BCUT2D eigenvalue weighted by atomic mass is 16.5. The molecular weight excluding hydrogens is 298 g/mol. The van der Waals surface area contributed by atoms with E-state index in [2.05, 4.69) is 5.32 Å². The Hall–Kier alpha value is -2.24. The number of rotatable bonds is 9. The summed E-state index contributed by atoms with van der Waals surface area (Å²) in [5.74, 6) is -0.356. The van der Waals surface area contributed by atoms with E-state index in [0.29, 0.717) is 23.5 Å².